The first-order chi connectivity index (χ1) is 11.4. The number of sulfone groups is 1. The average molecular weight is 347 g/mol. The summed E-state index contributed by atoms with van der Waals surface area (Å²) in [5.41, 5.74) is 0.353. The Hall–Kier alpha value is -2.08. The second-order valence-corrected chi connectivity index (χ2v) is 8.77. The fourth-order valence-corrected chi connectivity index (χ4v) is 5.11. The second kappa shape index (κ2) is 6.43. The van der Waals surface area contributed by atoms with Crippen LogP contribution >= 0.6 is 0 Å². The highest BCUT2D eigenvalue weighted by Crippen LogP contribution is 2.24. The van der Waals surface area contributed by atoms with Crippen molar-refractivity contribution in [3.05, 3.63) is 48.2 Å². The summed E-state index contributed by atoms with van der Waals surface area (Å²) in [6.45, 7) is 1.79. The normalized spacial score (nSPS) is 22.4. The van der Waals surface area contributed by atoms with Gasteiger partial charge < -0.3 is 9.73 Å². The quantitative estimate of drug-likeness (QED) is 0.902. The van der Waals surface area contributed by atoms with Gasteiger partial charge in [-0.25, -0.2) is 8.42 Å². The number of carbonyl (C=O) groups excluding carboxylic acids is 1. The molecule has 1 fully saturated rings. The minimum atomic E-state index is -3.03. The lowest BCUT2D eigenvalue weighted by Gasteiger charge is -2.23. The predicted molar refractivity (Wildman–Crippen MR) is 92.3 cm³/mol. The third-order valence-corrected chi connectivity index (χ3v) is 6.17. The van der Waals surface area contributed by atoms with Crippen LogP contribution in [0.25, 0.3) is 11.3 Å². The van der Waals surface area contributed by atoms with Gasteiger partial charge in [-0.05, 0) is 25.5 Å². The highest BCUT2D eigenvalue weighted by Gasteiger charge is 2.39. The van der Waals surface area contributed by atoms with Gasteiger partial charge in [-0.15, -0.1) is 0 Å². The summed E-state index contributed by atoms with van der Waals surface area (Å²) in [6.07, 6.45) is 1.23. The van der Waals surface area contributed by atoms with E-state index >= 15 is 0 Å². The first kappa shape index (κ1) is 16.8. The van der Waals surface area contributed by atoms with Crippen LogP contribution in [0.3, 0.4) is 0 Å². The summed E-state index contributed by atoms with van der Waals surface area (Å²) in [6, 6.07) is 13.5. The zero-order valence-electron chi connectivity index (χ0n) is 13.6. The molecule has 3 rings (SSSR count). The molecule has 6 heteroatoms. The molecule has 1 aromatic heterocycles. The topological polar surface area (TPSA) is 76.4 Å². The van der Waals surface area contributed by atoms with Crippen LogP contribution < -0.4 is 5.32 Å². The number of aryl methyl sites for hydroxylation is 1. The zero-order chi connectivity index (χ0) is 17.2. The summed E-state index contributed by atoms with van der Waals surface area (Å²) >= 11 is 0. The van der Waals surface area contributed by atoms with Crippen molar-refractivity contribution in [3.63, 3.8) is 0 Å². The van der Waals surface area contributed by atoms with E-state index in [1.165, 1.54) is 0 Å². The van der Waals surface area contributed by atoms with Crippen LogP contribution in [0.1, 0.15) is 25.5 Å². The Balaban J connectivity index is 1.55. The number of carbonyl (C=O) groups is 1. The Labute approximate surface area is 142 Å². The van der Waals surface area contributed by atoms with Gasteiger partial charge in [0.25, 0.3) is 0 Å². The van der Waals surface area contributed by atoms with Crippen LogP contribution in [0, 0.1) is 0 Å². The number of hydrogen-bond acceptors (Lipinski definition) is 4. The smallest absolute Gasteiger partial charge is 0.220 e. The van der Waals surface area contributed by atoms with Gasteiger partial charge in [0.15, 0.2) is 9.84 Å². The van der Waals surface area contributed by atoms with Gasteiger partial charge in [-0.1, -0.05) is 30.3 Å². The third kappa shape index (κ3) is 4.06. The van der Waals surface area contributed by atoms with Gasteiger partial charge in [0.2, 0.25) is 5.91 Å². The summed E-state index contributed by atoms with van der Waals surface area (Å²) < 4.78 is 28.9. The molecule has 2 aromatic rings. The van der Waals surface area contributed by atoms with E-state index in [1.807, 2.05) is 42.5 Å². The third-order valence-electron chi connectivity index (χ3n) is 4.26. The molecule has 0 unspecified atom stereocenters. The molecule has 0 spiro atoms. The minimum Gasteiger partial charge on any atom is -0.461 e. The minimum absolute atomic E-state index is 0.0185. The van der Waals surface area contributed by atoms with E-state index in [1.54, 1.807) is 6.92 Å². The van der Waals surface area contributed by atoms with Crippen LogP contribution in [0.4, 0.5) is 0 Å². The number of benzene rings is 1. The van der Waals surface area contributed by atoms with Crippen LogP contribution in [0.15, 0.2) is 46.9 Å². The van der Waals surface area contributed by atoms with E-state index in [0.717, 1.165) is 17.1 Å². The molecule has 1 aliphatic heterocycles. The molecule has 0 radical (unpaired) electrons. The number of nitrogens with one attached hydrogen (secondary N) is 1. The first-order valence-electron chi connectivity index (χ1n) is 8.01. The largest absolute Gasteiger partial charge is 0.461 e. The average Bonchev–Trinajstić information content (AvgIpc) is 3.10. The lowest BCUT2D eigenvalue weighted by Crippen LogP contribution is -2.46. The van der Waals surface area contributed by atoms with Gasteiger partial charge >= 0.3 is 0 Å². The summed E-state index contributed by atoms with van der Waals surface area (Å²) in [5.74, 6) is 1.54. The van der Waals surface area contributed by atoms with Gasteiger partial charge in [-0.3, -0.25) is 4.79 Å². The second-order valence-electron chi connectivity index (χ2n) is 6.58. The molecule has 1 saturated heterocycles. The van der Waals surface area contributed by atoms with E-state index in [0.29, 0.717) is 12.8 Å². The van der Waals surface area contributed by atoms with Crippen molar-refractivity contribution >= 4 is 15.7 Å². The zero-order valence-corrected chi connectivity index (χ0v) is 14.4. The number of amides is 1. The lowest BCUT2D eigenvalue weighted by atomic mass is 10.0. The Morgan fingerprint density at radius 3 is 2.62 bits per heavy atom. The van der Waals surface area contributed by atoms with E-state index in [2.05, 4.69) is 5.32 Å². The molecule has 2 heterocycles. The molecular weight excluding hydrogens is 326 g/mol. The van der Waals surface area contributed by atoms with Crippen molar-refractivity contribution in [3.8, 4) is 11.3 Å². The Kier molecular flexibility index (Phi) is 4.49. The standard InChI is InChI=1S/C18H21NO4S/c1-18(11-12-24(21,22)13-18)19-17(20)10-8-15-7-9-16(23-15)14-5-3-2-4-6-14/h2-7,9H,8,10-13H2,1H3,(H,19,20)/t18-/m1/s1. The van der Waals surface area contributed by atoms with Crippen LogP contribution in [-0.4, -0.2) is 31.4 Å². The molecule has 128 valence electrons. The molecule has 0 bridgehead atoms. The van der Waals surface area contributed by atoms with Crippen molar-refractivity contribution in [1.29, 1.82) is 0 Å². The highest BCUT2D eigenvalue weighted by molar-refractivity contribution is 7.91. The molecule has 1 aromatic carbocycles. The first-order valence-corrected chi connectivity index (χ1v) is 9.83. The van der Waals surface area contributed by atoms with Crippen molar-refractivity contribution in [2.75, 3.05) is 11.5 Å². The van der Waals surface area contributed by atoms with E-state index < -0.39 is 15.4 Å². The van der Waals surface area contributed by atoms with Gasteiger partial charge in [0.05, 0.1) is 17.0 Å². The summed E-state index contributed by atoms with van der Waals surface area (Å²) in [4.78, 5) is 12.1. The van der Waals surface area contributed by atoms with Crippen molar-refractivity contribution in [1.82, 2.24) is 5.32 Å². The monoisotopic (exact) mass is 347 g/mol. The van der Waals surface area contributed by atoms with Crippen LogP contribution in [0.2, 0.25) is 0 Å². The number of furan rings is 1. The van der Waals surface area contributed by atoms with E-state index in [-0.39, 0.29) is 23.8 Å². The van der Waals surface area contributed by atoms with Gasteiger partial charge in [-0.2, -0.15) is 0 Å². The summed E-state index contributed by atoms with van der Waals surface area (Å²) in [5, 5.41) is 2.86. The highest BCUT2D eigenvalue weighted by atomic mass is 32.2. The molecule has 24 heavy (non-hydrogen) atoms. The molecule has 0 saturated carbocycles. The molecule has 1 N–H and O–H groups in total. The van der Waals surface area contributed by atoms with Gasteiger partial charge in [0, 0.05) is 18.4 Å². The van der Waals surface area contributed by atoms with Gasteiger partial charge in [0.1, 0.15) is 11.5 Å². The van der Waals surface area contributed by atoms with Crippen LogP contribution in [-0.2, 0) is 21.1 Å². The SMILES string of the molecule is C[C@@]1(NC(=O)CCc2ccc(-c3ccccc3)o2)CCS(=O)(=O)C1. The van der Waals surface area contributed by atoms with E-state index in [9.17, 15) is 13.2 Å². The summed E-state index contributed by atoms with van der Waals surface area (Å²) in [7, 11) is -3.03. The fourth-order valence-electron chi connectivity index (χ4n) is 3.01. The van der Waals surface area contributed by atoms with Crippen molar-refractivity contribution in [2.24, 2.45) is 0 Å². The van der Waals surface area contributed by atoms with E-state index in [4.69, 9.17) is 4.42 Å². The maximum absolute atomic E-state index is 12.1. The molecule has 5 nitrogen and oxygen atoms in total. The Bertz CT molecular complexity index is 826. The Morgan fingerprint density at radius 1 is 1.21 bits per heavy atom. The fraction of sp³-hybridized carbons (Fsp3) is 0.389. The maximum atomic E-state index is 12.1. The lowest BCUT2D eigenvalue weighted by molar-refractivity contribution is -0.122. The molecule has 1 aliphatic rings. The molecule has 1 atom stereocenters. The Morgan fingerprint density at radius 2 is 1.96 bits per heavy atom. The van der Waals surface area contributed by atoms with Crippen molar-refractivity contribution in [2.45, 2.75) is 31.7 Å². The maximum Gasteiger partial charge on any atom is 0.220 e. The van der Waals surface area contributed by atoms with Crippen molar-refractivity contribution < 1.29 is 17.6 Å². The molecule has 0 aliphatic carbocycles. The van der Waals surface area contributed by atoms with Crippen LogP contribution in [0.5, 0.6) is 0 Å². The molecular formula is C18H21NO4S. The number of hydrogen-bond donors (Lipinski definition) is 1. The number of rotatable bonds is 5. The predicted octanol–water partition coefficient (Wildman–Crippen LogP) is 2.57. The molecule has 1 amide bonds.